The molecule has 1 fully saturated rings. The van der Waals surface area contributed by atoms with Gasteiger partial charge in [-0.1, -0.05) is 6.92 Å². The molecule has 0 amide bonds. The number of fused-ring (bicyclic) bond motifs is 2. The van der Waals surface area contributed by atoms with Crippen LogP contribution in [0.5, 0.6) is 28.7 Å². The van der Waals surface area contributed by atoms with E-state index in [1.165, 1.54) is 7.11 Å². The van der Waals surface area contributed by atoms with Crippen molar-refractivity contribution in [2.75, 3.05) is 42.2 Å². The average molecular weight is 501 g/mol. The summed E-state index contributed by atoms with van der Waals surface area (Å²) in [5, 5.41) is 0. The Bertz CT molecular complexity index is 1120. The van der Waals surface area contributed by atoms with E-state index in [0.29, 0.717) is 35.2 Å². The van der Waals surface area contributed by atoms with Crippen molar-refractivity contribution in [3.63, 3.8) is 0 Å². The second-order valence-electron chi connectivity index (χ2n) is 8.75. The summed E-state index contributed by atoms with van der Waals surface area (Å²) in [5.41, 5.74) is 2.29. The molecule has 9 nitrogen and oxygen atoms in total. The van der Waals surface area contributed by atoms with Crippen LogP contribution in [0, 0.1) is 11.8 Å². The molecule has 0 radical (unpaired) electrons. The van der Waals surface area contributed by atoms with Gasteiger partial charge in [-0.3, -0.25) is 9.59 Å². The monoisotopic (exact) mass is 500 g/mol. The fourth-order valence-corrected chi connectivity index (χ4v) is 5.29. The van der Waals surface area contributed by atoms with Crippen LogP contribution in [-0.2, 0) is 19.1 Å². The predicted molar refractivity (Wildman–Crippen MR) is 129 cm³/mol. The smallest absolute Gasteiger partial charge is 0.310 e. The van der Waals surface area contributed by atoms with Gasteiger partial charge in [-0.15, -0.1) is 0 Å². The van der Waals surface area contributed by atoms with Gasteiger partial charge in [0, 0.05) is 23.8 Å². The van der Waals surface area contributed by atoms with Gasteiger partial charge in [-0.25, -0.2) is 0 Å². The fourth-order valence-electron chi connectivity index (χ4n) is 5.29. The van der Waals surface area contributed by atoms with Gasteiger partial charge in [-0.2, -0.15) is 0 Å². The highest BCUT2D eigenvalue weighted by Crippen LogP contribution is 2.56. The van der Waals surface area contributed by atoms with E-state index in [2.05, 4.69) is 0 Å². The lowest BCUT2D eigenvalue weighted by Crippen LogP contribution is -2.36. The second-order valence-corrected chi connectivity index (χ2v) is 8.75. The minimum atomic E-state index is -0.673. The Hall–Kier alpha value is -3.62. The van der Waals surface area contributed by atoms with E-state index in [0.717, 1.165) is 16.7 Å². The maximum absolute atomic E-state index is 13.2. The Morgan fingerprint density at radius 1 is 0.861 bits per heavy atom. The van der Waals surface area contributed by atoms with E-state index in [1.807, 2.05) is 31.2 Å². The molecule has 0 N–H and O–H groups in total. The highest BCUT2D eigenvalue weighted by atomic mass is 16.6. The van der Waals surface area contributed by atoms with Gasteiger partial charge in [0.05, 0.1) is 48.1 Å². The second kappa shape index (κ2) is 10.6. The Morgan fingerprint density at radius 3 is 1.97 bits per heavy atom. The molecular formula is C27H32O9. The number of ether oxygens (including phenoxy) is 7. The highest BCUT2D eigenvalue weighted by molar-refractivity contribution is 5.79. The van der Waals surface area contributed by atoms with E-state index in [4.69, 9.17) is 33.2 Å². The van der Waals surface area contributed by atoms with Gasteiger partial charge in [0.2, 0.25) is 5.75 Å². The lowest BCUT2D eigenvalue weighted by molar-refractivity contribution is -0.154. The first-order chi connectivity index (χ1) is 17.4. The van der Waals surface area contributed by atoms with Crippen LogP contribution < -0.4 is 23.7 Å². The third-order valence-electron chi connectivity index (χ3n) is 6.89. The van der Waals surface area contributed by atoms with Crippen LogP contribution in [-0.4, -0.2) is 54.1 Å². The number of carbonyl (C=O) groups is 2. The van der Waals surface area contributed by atoms with Crippen LogP contribution in [0.2, 0.25) is 0 Å². The number of cyclic esters (lactones) is 1. The van der Waals surface area contributed by atoms with E-state index in [9.17, 15) is 9.59 Å². The molecule has 0 bridgehead atoms. The van der Waals surface area contributed by atoms with Crippen molar-refractivity contribution in [2.45, 2.75) is 31.8 Å². The summed E-state index contributed by atoms with van der Waals surface area (Å²) < 4.78 is 39.3. The van der Waals surface area contributed by atoms with E-state index in [-0.39, 0.29) is 30.9 Å². The zero-order valence-electron chi connectivity index (χ0n) is 21.4. The number of carbonyl (C=O) groups excluding carboxylic acids is 2. The summed E-state index contributed by atoms with van der Waals surface area (Å²) in [7, 11) is 7.71. The van der Waals surface area contributed by atoms with Gasteiger partial charge in [0.15, 0.2) is 23.0 Å². The molecule has 36 heavy (non-hydrogen) atoms. The van der Waals surface area contributed by atoms with Crippen LogP contribution >= 0.6 is 0 Å². The van der Waals surface area contributed by atoms with E-state index < -0.39 is 17.9 Å². The summed E-state index contributed by atoms with van der Waals surface area (Å²) >= 11 is 0. The van der Waals surface area contributed by atoms with Crippen LogP contribution in [0.15, 0.2) is 24.3 Å². The van der Waals surface area contributed by atoms with Gasteiger partial charge < -0.3 is 33.2 Å². The van der Waals surface area contributed by atoms with Gasteiger partial charge >= 0.3 is 11.9 Å². The molecule has 1 aliphatic carbocycles. The fraction of sp³-hybridized carbons (Fsp3) is 0.481. The van der Waals surface area contributed by atoms with Crippen molar-refractivity contribution in [3.8, 4) is 28.7 Å². The van der Waals surface area contributed by atoms with Crippen LogP contribution in [0.25, 0.3) is 0 Å². The molecule has 4 rings (SSSR count). The maximum atomic E-state index is 13.2. The number of esters is 2. The third kappa shape index (κ3) is 4.27. The molecule has 2 aliphatic rings. The van der Waals surface area contributed by atoms with Crippen molar-refractivity contribution in [1.82, 2.24) is 0 Å². The SMILES string of the molecule is CCCC(=O)O[C@@H]1c2cc(OC)c(OC)cc2[C@@H](c2cc(OC)c(OC)c(OC)c2)[C@H]2C(=O)OC[C@@H]21. The third-order valence-corrected chi connectivity index (χ3v) is 6.89. The van der Waals surface area contributed by atoms with Crippen molar-refractivity contribution < 1.29 is 42.7 Å². The van der Waals surface area contributed by atoms with Crippen molar-refractivity contribution >= 4 is 11.9 Å². The lowest BCUT2D eigenvalue weighted by atomic mass is 9.66. The molecule has 0 spiro atoms. The summed E-state index contributed by atoms with van der Waals surface area (Å²) in [4.78, 5) is 25.8. The molecule has 0 aromatic heterocycles. The molecular weight excluding hydrogens is 468 g/mol. The Morgan fingerprint density at radius 2 is 1.44 bits per heavy atom. The molecule has 0 unspecified atom stereocenters. The quantitative estimate of drug-likeness (QED) is 0.472. The Balaban J connectivity index is 1.97. The first-order valence-corrected chi connectivity index (χ1v) is 11.8. The maximum Gasteiger partial charge on any atom is 0.310 e. The summed E-state index contributed by atoms with van der Waals surface area (Å²) in [6.07, 6.45) is 0.261. The lowest BCUT2D eigenvalue weighted by Gasteiger charge is -2.39. The Labute approximate surface area is 210 Å². The van der Waals surface area contributed by atoms with Gasteiger partial charge in [0.25, 0.3) is 0 Å². The Kier molecular flexibility index (Phi) is 7.47. The van der Waals surface area contributed by atoms with Crippen molar-refractivity contribution in [2.24, 2.45) is 11.8 Å². The minimum absolute atomic E-state index is 0.141. The highest BCUT2D eigenvalue weighted by Gasteiger charge is 2.54. The molecule has 9 heteroatoms. The standard InChI is InChI=1S/C27H32O9/c1-7-8-22(28)36-25-16-12-19(31-3)18(30-2)11-15(16)23(24-17(25)13-35-27(24)29)14-9-20(32-4)26(34-6)21(10-14)33-5/h9-12,17,23-25H,7-8,13H2,1-6H3/t17-,23+,24-,25+/m0/s1. The van der Waals surface area contributed by atoms with E-state index in [1.54, 1.807) is 28.4 Å². The van der Waals surface area contributed by atoms with Gasteiger partial charge in [-0.05, 0) is 41.8 Å². The summed E-state index contributed by atoms with van der Waals surface area (Å²) in [5.74, 6) is 0.270. The minimum Gasteiger partial charge on any atom is -0.493 e. The normalized spacial score (nSPS) is 22.1. The zero-order chi connectivity index (χ0) is 26.0. The van der Waals surface area contributed by atoms with Crippen LogP contribution in [0.1, 0.15) is 48.5 Å². The van der Waals surface area contributed by atoms with Gasteiger partial charge in [0.1, 0.15) is 6.10 Å². The summed E-state index contributed by atoms with van der Waals surface area (Å²) in [6, 6.07) is 7.32. The molecule has 1 heterocycles. The topological polar surface area (TPSA) is 98.8 Å². The molecule has 2 aromatic carbocycles. The first-order valence-electron chi connectivity index (χ1n) is 11.8. The first kappa shape index (κ1) is 25.5. The number of rotatable bonds is 9. The zero-order valence-corrected chi connectivity index (χ0v) is 21.4. The molecule has 194 valence electrons. The van der Waals surface area contributed by atoms with E-state index >= 15 is 0 Å². The van der Waals surface area contributed by atoms with Crippen molar-refractivity contribution in [3.05, 3.63) is 41.0 Å². The van der Waals surface area contributed by atoms with Crippen LogP contribution in [0.4, 0.5) is 0 Å². The predicted octanol–water partition coefficient (Wildman–Crippen LogP) is 4.05. The number of methoxy groups -OCH3 is 5. The molecule has 0 saturated carbocycles. The van der Waals surface area contributed by atoms with Crippen LogP contribution in [0.3, 0.4) is 0 Å². The average Bonchev–Trinajstić information content (AvgIpc) is 3.27. The van der Waals surface area contributed by atoms with Crippen molar-refractivity contribution in [1.29, 1.82) is 0 Å². The molecule has 2 aromatic rings. The number of benzene rings is 2. The molecule has 1 aliphatic heterocycles. The number of hydrogen-bond acceptors (Lipinski definition) is 9. The number of hydrogen-bond donors (Lipinski definition) is 0. The summed E-state index contributed by atoms with van der Waals surface area (Å²) in [6.45, 7) is 2.05. The largest absolute Gasteiger partial charge is 0.493 e. The molecule has 1 saturated heterocycles. The molecule has 4 atom stereocenters.